The summed E-state index contributed by atoms with van der Waals surface area (Å²) in [7, 11) is 0. The van der Waals surface area contributed by atoms with Gasteiger partial charge in [0.2, 0.25) is 5.91 Å². The number of thioether (sulfide) groups is 1. The first-order valence-electron chi connectivity index (χ1n) is 8.12. The van der Waals surface area contributed by atoms with Crippen molar-refractivity contribution in [3.05, 3.63) is 36.2 Å². The van der Waals surface area contributed by atoms with Gasteiger partial charge >= 0.3 is 5.97 Å². The van der Waals surface area contributed by atoms with Gasteiger partial charge in [0.25, 0.3) is 11.1 Å². The van der Waals surface area contributed by atoms with Gasteiger partial charge in [-0.3, -0.25) is 29.3 Å². The number of nitrogens with one attached hydrogen (secondary N) is 1. The van der Waals surface area contributed by atoms with E-state index in [1.165, 1.54) is 19.2 Å². The van der Waals surface area contributed by atoms with Crippen LogP contribution in [-0.4, -0.2) is 62.8 Å². The lowest BCUT2D eigenvalue weighted by atomic mass is 10.2. The van der Waals surface area contributed by atoms with Gasteiger partial charge in [-0.2, -0.15) is 0 Å². The highest BCUT2D eigenvalue weighted by Gasteiger charge is 2.29. The molecule has 1 aliphatic heterocycles. The Morgan fingerprint density at radius 3 is 2.70 bits per heavy atom. The Kier molecular flexibility index (Phi) is 5.65. The molecule has 0 spiro atoms. The van der Waals surface area contributed by atoms with Crippen molar-refractivity contribution < 1.29 is 23.9 Å². The molecule has 0 saturated carbocycles. The smallest absolute Gasteiger partial charge is 0.338 e. The zero-order chi connectivity index (χ0) is 19.4. The lowest BCUT2D eigenvalue weighted by molar-refractivity contribution is -0.130. The highest BCUT2D eigenvalue weighted by Crippen LogP contribution is 2.17. The van der Waals surface area contributed by atoms with E-state index in [1.807, 2.05) is 0 Å². The van der Waals surface area contributed by atoms with Gasteiger partial charge in [0.15, 0.2) is 6.10 Å². The van der Waals surface area contributed by atoms with E-state index in [0.717, 1.165) is 16.7 Å². The first kappa shape index (κ1) is 18.8. The predicted molar refractivity (Wildman–Crippen MR) is 97.0 cm³/mol. The van der Waals surface area contributed by atoms with E-state index >= 15 is 0 Å². The molecule has 10 heteroatoms. The van der Waals surface area contributed by atoms with Crippen LogP contribution in [0.3, 0.4) is 0 Å². The first-order chi connectivity index (χ1) is 13.0. The van der Waals surface area contributed by atoms with Gasteiger partial charge < -0.3 is 10.1 Å². The van der Waals surface area contributed by atoms with Gasteiger partial charge in [0, 0.05) is 25.5 Å². The number of imide groups is 1. The average molecular weight is 388 g/mol. The van der Waals surface area contributed by atoms with Crippen LogP contribution >= 0.6 is 11.8 Å². The molecule has 2 aromatic rings. The van der Waals surface area contributed by atoms with E-state index in [-0.39, 0.29) is 35.6 Å². The number of amides is 3. The second-order valence-corrected chi connectivity index (χ2v) is 6.62. The summed E-state index contributed by atoms with van der Waals surface area (Å²) in [5.74, 6) is -1.34. The minimum atomic E-state index is -1.03. The number of hydrogen-bond acceptors (Lipinski definition) is 8. The van der Waals surface area contributed by atoms with Gasteiger partial charge in [0.1, 0.15) is 0 Å². The molecule has 140 valence electrons. The standard InChI is InChI=1S/C17H16N4O5S/c1-10(15(23)20-6-7-21-14(22)9-27-17(21)25)26-16(24)11-2-3-12-13(8-11)19-5-4-18-12/h2-5,8,10H,6-7,9H2,1H3,(H,20,23)/t10-/m0/s1. The minimum absolute atomic E-state index is 0.0837. The summed E-state index contributed by atoms with van der Waals surface area (Å²) < 4.78 is 5.16. The zero-order valence-corrected chi connectivity index (χ0v) is 15.2. The fraction of sp³-hybridized carbons (Fsp3) is 0.294. The third-order valence-corrected chi connectivity index (χ3v) is 4.69. The quantitative estimate of drug-likeness (QED) is 0.728. The maximum atomic E-state index is 12.2. The molecule has 1 aromatic heterocycles. The monoisotopic (exact) mass is 388 g/mol. The fourth-order valence-electron chi connectivity index (χ4n) is 2.40. The molecule has 1 fully saturated rings. The topological polar surface area (TPSA) is 119 Å². The maximum Gasteiger partial charge on any atom is 0.338 e. The number of rotatable bonds is 6. The Labute approximate surface area is 158 Å². The molecule has 9 nitrogen and oxygen atoms in total. The molecule has 2 heterocycles. The molecular weight excluding hydrogens is 372 g/mol. The molecule has 3 amide bonds. The summed E-state index contributed by atoms with van der Waals surface area (Å²) in [6.45, 7) is 1.61. The summed E-state index contributed by atoms with van der Waals surface area (Å²) in [5, 5.41) is 2.22. The van der Waals surface area contributed by atoms with Crippen molar-refractivity contribution in [3.63, 3.8) is 0 Å². The summed E-state index contributed by atoms with van der Waals surface area (Å²) in [4.78, 5) is 56.5. The number of nitrogens with zero attached hydrogens (tertiary/aromatic N) is 3. The number of fused-ring (bicyclic) bond motifs is 1. The average Bonchev–Trinajstić information content (AvgIpc) is 2.99. The van der Waals surface area contributed by atoms with E-state index in [2.05, 4.69) is 15.3 Å². The second-order valence-electron chi connectivity index (χ2n) is 5.70. The molecule has 1 aliphatic rings. The summed E-state index contributed by atoms with van der Waals surface area (Å²) >= 11 is 0.931. The molecule has 1 atom stereocenters. The van der Waals surface area contributed by atoms with E-state index in [4.69, 9.17) is 4.74 Å². The Morgan fingerprint density at radius 2 is 2.00 bits per heavy atom. The Balaban J connectivity index is 1.51. The molecule has 1 aromatic carbocycles. The number of carbonyl (C=O) groups is 4. The van der Waals surface area contributed by atoms with Crippen molar-refractivity contribution in [3.8, 4) is 0 Å². The second kappa shape index (κ2) is 8.12. The Morgan fingerprint density at radius 1 is 1.26 bits per heavy atom. The van der Waals surface area contributed by atoms with Crippen molar-refractivity contribution in [2.24, 2.45) is 0 Å². The normalized spacial score (nSPS) is 15.1. The zero-order valence-electron chi connectivity index (χ0n) is 14.4. The van der Waals surface area contributed by atoms with E-state index in [9.17, 15) is 19.2 Å². The molecule has 3 rings (SSSR count). The maximum absolute atomic E-state index is 12.2. The fourth-order valence-corrected chi connectivity index (χ4v) is 3.16. The van der Waals surface area contributed by atoms with E-state index in [1.54, 1.807) is 18.3 Å². The number of benzene rings is 1. The third-order valence-electron chi connectivity index (χ3n) is 3.83. The number of aromatic nitrogens is 2. The number of carbonyl (C=O) groups excluding carboxylic acids is 4. The largest absolute Gasteiger partial charge is 0.449 e. The van der Waals surface area contributed by atoms with Crippen LogP contribution in [-0.2, 0) is 14.3 Å². The van der Waals surface area contributed by atoms with Crippen molar-refractivity contribution in [2.45, 2.75) is 13.0 Å². The molecular formula is C17H16N4O5S. The van der Waals surface area contributed by atoms with Gasteiger partial charge in [0.05, 0.1) is 22.3 Å². The molecule has 1 saturated heterocycles. The van der Waals surface area contributed by atoms with Gasteiger partial charge in [-0.05, 0) is 25.1 Å². The predicted octanol–water partition coefficient (Wildman–Crippen LogP) is 0.987. The lowest BCUT2D eigenvalue weighted by Gasteiger charge is -2.16. The lowest BCUT2D eigenvalue weighted by Crippen LogP contribution is -2.41. The van der Waals surface area contributed by atoms with E-state index in [0.29, 0.717) is 11.0 Å². The Hall–Kier alpha value is -3.01. The first-order valence-corrected chi connectivity index (χ1v) is 9.11. The molecule has 0 bridgehead atoms. The van der Waals surface area contributed by atoms with Crippen molar-refractivity contribution in [1.82, 2.24) is 20.2 Å². The van der Waals surface area contributed by atoms with Crippen LogP contribution in [0, 0.1) is 0 Å². The van der Waals surface area contributed by atoms with Gasteiger partial charge in [-0.15, -0.1) is 0 Å². The van der Waals surface area contributed by atoms with Crippen LogP contribution in [0.15, 0.2) is 30.6 Å². The van der Waals surface area contributed by atoms with Crippen molar-refractivity contribution in [1.29, 1.82) is 0 Å². The minimum Gasteiger partial charge on any atom is -0.449 e. The highest BCUT2D eigenvalue weighted by atomic mass is 32.2. The summed E-state index contributed by atoms with van der Waals surface area (Å²) in [6, 6.07) is 4.73. The van der Waals surface area contributed by atoms with Gasteiger partial charge in [-0.1, -0.05) is 11.8 Å². The highest BCUT2D eigenvalue weighted by molar-refractivity contribution is 8.14. The van der Waals surface area contributed by atoms with Crippen LogP contribution in [0.5, 0.6) is 0 Å². The van der Waals surface area contributed by atoms with Crippen LogP contribution in [0.1, 0.15) is 17.3 Å². The van der Waals surface area contributed by atoms with Crippen molar-refractivity contribution >= 4 is 45.8 Å². The van der Waals surface area contributed by atoms with Crippen molar-refractivity contribution in [2.75, 3.05) is 18.8 Å². The summed E-state index contributed by atoms with van der Waals surface area (Å²) in [6.07, 6.45) is 2.03. The molecule has 27 heavy (non-hydrogen) atoms. The number of esters is 1. The molecule has 1 N–H and O–H groups in total. The van der Waals surface area contributed by atoms with Crippen LogP contribution in [0.25, 0.3) is 11.0 Å². The van der Waals surface area contributed by atoms with E-state index < -0.39 is 18.0 Å². The molecule has 0 unspecified atom stereocenters. The van der Waals surface area contributed by atoms with Crippen LogP contribution in [0.4, 0.5) is 4.79 Å². The Bertz CT molecular complexity index is 903. The number of hydrogen-bond donors (Lipinski definition) is 1. The summed E-state index contributed by atoms with van der Waals surface area (Å²) in [5.41, 5.74) is 1.44. The van der Waals surface area contributed by atoms with Crippen LogP contribution in [0.2, 0.25) is 0 Å². The van der Waals surface area contributed by atoms with Crippen LogP contribution < -0.4 is 5.32 Å². The SMILES string of the molecule is C[C@H](OC(=O)c1ccc2nccnc2c1)C(=O)NCCN1C(=O)CSC1=O. The molecule has 0 radical (unpaired) electrons. The van der Waals surface area contributed by atoms with Gasteiger partial charge in [-0.25, -0.2) is 4.79 Å². The third kappa shape index (κ3) is 4.40. The number of ether oxygens (including phenoxy) is 1. The molecule has 0 aliphatic carbocycles.